The van der Waals surface area contributed by atoms with Gasteiger partial charge in [0.25, 0.3) is 0 Å². The number of carboxylic acid groups (broad SMARTS) is 1. The number of hydrogen-bond acceptors (Lipinski definition) is 3. The summed E-state index contributed by atoms with van der Waals surface area (Å²) in [6, 6.07) is 4.86. The lowest BCUT2D eigenvalue weighted by molar-refractivity contribution is 0.195. The molecule has 1 aromatic carbocycles. The highest BCUT2D eigenvalue weighted by Gasteiger charge is 1.95. The van der Waals surface area contributed by atoms with Gasteiger partial charge >= 0.3 is 6.09 Å². The zero-order valence-electron chi connectivity index (χ0n) is 7.56. The Morgan fingerprint density at radius 2 is 2.29 bits per heavy atom. The van der Waals surface area contributed by atoms with E-state index in [9.17, 15) is 9.90 Å². The molecule has 1 rings (SSSR count). The summed E-state index contributed by atoms with van der Waals surface area (Å²) in [6.07, 6.45) is 0.150. The van der Waals surface area contributed by atoms with Gasteiger partial charge in [-0.1, -0.05) is 0 Å². The van der Waals surface area contributed by atoms with Crippen LogP contribution in [-0.4, -0.2) is 22.5 Å². The smallest absolute Gasteiger partial charge is 0.425 e. The van der Waals surface area contributed by atoms with Crippen molar-refractivity contribution in [1.82, 2.24) is 5.43 Å². The van der Waals surface area contributed by atoms with Gasteiger partial charge in [-0.3, -0.25) is 0 Å². The number of nitrogens with one attached hydrogen (secondary N) is 1. The summed E-state index contributed by atoms with van der Waals surface area (Å²) < 4.78 is 0. The minimum atomic E-state index is -1.21. The molecule has 0 radical (unpaired) electrons. The third-order valence-corrected chi connectivity index (χ3v) is 1.59. The fraction of sp³-hybridized carbons (Fsp3) is 0.111. The highest BCUT2D eigenvalue weighted by molar-refractivity contribution is 5.81. The van der Waals surface area contributed by atoms with E-state index in [1.165, 1.54) is 12.3 Å². The summed E-state index contributed by atoms with van der Waals surface area (Å²) in [4.78, 5) is 10.0. The maximum atomic E-state index is 10.0. The van der Waals surface area contributed by atoms with Gasteiger partial charge in [0.05, 0.1) is 6.21 Å². The zero-order valence-corrected chi connectivity index (χ0v) is 7.56. The number of phenolic OH excluding ortho intramolecular Hbond substituents is 1. The second-order valence-corrected chi connectivity index (χ2v) is 2.72. The van der Waals surface area contributed by atoms with Crippen LogP contribution in [0.3, 0.4) is 0 Å². The number of carbonyl (C=O) groups is 1. The Morgan fingerprint density at radius 1 is 1.57 bits per heavy atom. The Labute approximate surface area is 80.7 Å². The molecule has 0 fully saturated rings. The topological polar surface area (TPSA) is 81.9 Å². The van der Waals surface area contributed by atoms with Crippen molar-refractivity contribution in [2.24, 2.45) is 5.10 Å². The highest BCUT2D eigenvalue weighted by atomic mass is 16.4. The van der Waals surface area contributed by atoms with Gasteiger partial charge in [0.15, 0.2) is 0 Å². The van der Waals surface area contributed by atoms with Crippen LogP contribution in [0.15, 0.2) is 23.3 Å². The van der Waals surface area contributed by atoms with Crippen LogP contribution >= 0.6 is 0 Å². The Hall–Kier alpha value is -2.04. The van der Waals surface area contributed by atoms with E-state index in [0.717, 1.165) is 0 Å². The van der Waals surface area contributed by atoms with E-state index < -0.39 is 6.09 Å². The first-order valence-electron chi connectivity index (χ1n) is 3.91. The van der Waals surface area contributed by atoms with E-state index in [4.69, 9.17) is 5.11 Å². The van der Waals surface area contributed by atoms with Crippen molar-refractivity contribution in [3.05, 3.63) is 29.3 Å². The van der Waals surface area contributed by atoms with Gasteiger partial charge in [-0.25, -0.2) is 10.2 Å². The van der Waals surface area contributed by atoms with Crippen LogP contribution in [0.4, 0.5) is 4.79 Å². The predicted molar refractivity (Wildman–Crippen MR) is 51.6 cm³/mol. The summed E-state index contributed by atoms with van der Waals surface area (Å²) in [7, 11) is 0. The first-order chi connectivity index (χ1) is 6.59. The number of aromatic hydroxyl groups is 1. The van der Waals surface area contributed by atoms with Crippen LogP contribution in [0.2, 0.25) is 0 Å². The molecule has 0 aliphatic rings. The van der Waals surface area contributed by atoms with Gasteiger partial charge in [-0.2, -0.15) is 5.10 Å². The zero-order chi connectivity index (χ0) is 10.6. The first-order valence-corrected chi connectivity index (χ1v) is 3.91. The summed E-state index contributed by atoms with van der Waals surface area (Å²) in [5.41, 5.74) is 3.28. The molecule has 14 heavy (non-hydrogen) atoms. The van der Waals surface area contributed by atoms with Crippen LogP contribution in [0.25, 0.3) is 0 Å². The molecule has 0 heterocycles. The molecular formula is C9H10N2O3. The Balaban J connectivity index is 2.73. The second kappa shape index (κ2) is 4.27. The first kappa shape index (κ1) is 10.0. The SMILES string of the molecule is Cc1cc(C=NNC(=O)O)ccc1O. The van der Waals surface area contributed by atoms with E-state index in [1.807, 2.05) is 5.43 Å². The van der Waals surface area contributed by atoms with E-state index in [1.54, 1.807) is 19.1 Å². The van der Waals surface area contributed by atoms with E-state index in [-0.39, 0.29) is 5.75 Å². The molecular weight excluding hydrogens is 184 g/mol. The van der Waals surface area contributed by atoms with E-state index in [2.05, 4.69) is 5.10 Å². The molecule has 0 aliphatic heterocycles. The van der Waals surface area contributed by atoms with Gasteiger partial charge in [-0.15, -0.1) is 0 Å². The fourth-order valence-corrected chi connectivity index (χ4v) is 0.921. The minimum Gasteiger partial charge on any atom is -0.508 e. The molecule has 1 aromatic rings. The normalized spacial score (nSPS) is 10.4. The number of nitrogens with zero attached hydrogens (tertiary/aromatic N) is 1. The highest BCUT2D eigenvalue weighted by Crippen LogP contribution is 2.15. The van der Waals surface area contributed by atoms with Gasteiger partial charge < -0.3 is 10.2 Å². The van der Waals surface area contributed by atoms with Crippen molar-refractivity contribution in [3.63, 3.8) is 0 Å². The minimum absolute atomic E-state index is 0.202. The molecule has 1 amide bonds. The molecule has 0 saturated heterocycles. The lowest BCUT2D eigenvalue weighted by Crippen LogP contribution is -2.13. The molecule has 5 heteroatoms. The maximum absolute atomic E-state index is 10.0. The monoisotopic (exact) mass is 194 g/mol. The molecule has 0 atom stereocenters. The second-order valence-electron chi connectivity index (χ2n) is 2.72. The number of rotatable bonds is 2. The van der Waals surface area contributed by atoms with Crippen molar-refractivity contribution < 1.29 is 15.0 Å². The van der Waals surface area contributed by atoms with Crippen molar-refractivity contribution in [3.8, 4) is 5.75 Å². The third-order valence-electron chi connectivity index (χ3n) is 1.59. The summed E-state index contributed by atoms with van der Waals surface area (Å²) >= 11 is 0. The number of benzene rings is 1. The summed E-state index contributed by atoms with van der Waals surface area (Å²) in [5.74, 6) is 0.202. The number of hydrogen-bond donors (Lipinski definition) is 3. The lowest BCUT2D eigenvalue weighted by atomic mass is 10.1. The molecule has 0 aliphatic carbocycles. The van der Waals surface area contributed by atoms with Gasteiger partial charge in [-0.05, 0) is 36.2 Å². The van der Waals surface area contributed by atoms with Crippen LogP contribution in [0, 0.1) is 6.92 Å². The molecule has 0 aromatic heterocycles. The predicted octanol–water partition coefficient (Wildman–Crippen LogP) is 1.30. The Morgan fingerprint density at radius 3 is 2.86 bits per heavy atom. The maximum Gasteiger partial charge on any atom is 0.425 e. The summed E-state index contributed by atoms with van der Waals surface area (Å²) in [5, 5.41) is 20.9. The number of hydrazone groups is 1. The quantitative estimate of drug-likeness (QED) is 0.490. The van der Waals surface area contributed by atoms with Gasteiger partial charge in [0.2, 0.25) is 0 Å². The standard InChI is InChI=1S/C9H10N2O3/c1-6-4-7(2-3-8(6)12)5-10-11-9(13)14/h2-5,11-12H,1H3,(H,13,14). The molecule has 3 N–H and O–H groups in total. The Kier molecular flexibility index (Phi) is 3.06. The number of aryl methyl sites for hydroxylation is 1. The van der Waals surface area contributed by atoms with Crippen molar-refractivity contribution in [1.29, 1.82) is 0 Å². The van der Waals surface area contributed by atoms with Crippen molar-refractivity contribution in [2.45, 2.75) is 6.92 Å². The van der Waals surface area contributed by atoms with Crippen LogP contribution < -0.4 is 5.43 Å². The summed E-state index contributed by atoms with van der Waals surface area (Å²) in [6.45, 7) is 1.75. The van der Waals surface area contributed by atoms with Crippen molar-refractivity contribution >= 4 is 12.3 Å². The largest absolute Gasteiger partial charge is 0.508 e. The number of amides is 1. The molecule has 0 saturated carbocycles. The molecule has 0 bridgehead atoms. The van der Waals surface area contributed by atoms with E-state index in [0.29, 0.717) is 11.1 Å². The van der Waals surface area contributed by atoms with E-state index >= 15 is 0 Å². The lowest BCUT2D eigenvalue weighted by Gasteiger charge is -1.98. The van der Waals surface area contributed by atoms with Crippen LogP contribution in [-0.2, 0) is 0 Å². The molecule has 0 spiro atoms. The van der Waals surface area contributed by atoms with Crippen LogP contribution in [0.5, 0.6) is 5.75 Å². The fourth-order valence-electron chi connectivity index (χ4n) is 0.921. The average Bonchev–Trinajstić information content (AvgIpc) is 2.10. The molecule has 5 nitrogen and oxygen atoms in total. The van der Waals surface area contributed by atoms with Crippen molar-refractivity contribution in [2.75, 3.05) is 0 Å². The average molecular weight is 194 g/mol. The van der Waals surface area contributed by atoms with Crippen LogP contribution in [0.1, 0.15) is 11.1 Å². The molecule has 0 unspecified atom stereocenters. The van der Waals surface area contributed by atoms with Gasteiger partial charge in [0.1, 0.15) is 5.75 Å². The van der Waals surface area contributed by atoms with Gasteiger partial charge in [0, 0.05) is 0 Å². The third kappa shape index (κ3) is 2.78. The Bertz CT molecular complexity index is 374. The number of phenols is 1. The molecule has 74 valence electrons.